The lowest BCUT2D eigenvalue weighted by Gasteiger charge is -2.39. The number of hydrogen-bond donors (Lipinski definition) is 3. The van der Waals surface area contributed by atoms with Gasteiger partial charge in [0.15, 0.2) is 5.96 Å². The molecule has 1 amide bonds. The summed E-state index contributed by atoms with van der Waals surface area (Å²) in [5, 5.41) is 9.78. The summed E-state index contributed by atoms with van der Waals surface area (Å²) in [6.07, 6.45) is 3.78. The van der Waals surface area contributed by atoms with Crippen molar-refractivity contribution in [1.82, 2.24) is 20.9 Å². The molecular weight excluding hydrogens is 366 g/mol. The lowest BCUT2D eigenvalue weighted by atomic mass is 9.85. The number of carbonyl (C=O) groups is 1. The normalized spacial score (nSPS) is 26.0. The third kappa shape index (κ3) is 5.85. The fourth-order valence-corrected chi connectivity index (χ4v) is 4.36. The lowest BCUT2D eigenvalue weighted by molar-refractivity contribution is -0.122. The number of guanidine groups is 1. The van der Waals surface area contributed by atoms with E-state index in [1.165, 1.54) is 18.4 Å². The Morgan fingerprint density at radius 3 is 2.76 bits per heavy atom. The van der Waals surface area contributed by atoms with Crippen molar-refractivity contribution in [2.45, 2.75) is 44.7 Å². The van der Waals surface area contributed by atoms with E-state index < -0.39 is 0 Å². The van der Waals surface area contributed by atoms with Gasteiger partial charge in [0.05, 0.1) is 7.11 Å². The van der Waals surface area contributed by atoms with Gasteiger partial charge in [-0.2, -0.15) is 0 Å². The van der Waals surface area contributed by atoms with Gasteiger partial charge in [-0.15, -0.1) is 0 Å². The number of aliphatic imine (C=N–C) groups is 1. The van der Waals surface area contributed by atoms with E-state index in [1.807, 2.05) is 12.1 Å². The van der Waals surface area contributed by atoms with Gasteiger partial charge in [-0.25, -0.2) is 0 Å². The molecule has 3 atom stereocenters. The molecule has 0 saturated carbocycles. The molecule has 1 aromatic rings. The Morgan fingerprint density at radius 1 is 1.31 bits per heavy atom. The van der Waals surface area contributed by atoms with E-state index in [0.29, 0.717) is 24.9 Å². The van der Waals surface area contributed by atoms with Gasteiger partial charge < -0.3 is 20.7 Å². The molecule has 2 saturated heterocycles. The van der Waals surface area contributed by atoms with Crippen LogP contribution in [-0.4, -0.2) is 63.1 Å². The second-order valence-electron chi connectivity index (χ2n) is 8.00. The Hall–Kier alpha value is -2.28. The maximum absolute atomic E-state index is 11.4. The average molecular weight is 402 g/mol. The summed E-state index contributed by atoms with van der Waals surface area (Å²) in [5.74, 6) is 2.33. The number of likely N-dealkylation sites (tertiary alicyclic amines) is 1. The van der Waals surface area contributed by atoms with Crippen LogP contribution in [0, 0.1) is 5.92 Å². The zero-order valence-corrected chi connectivity index (χ0v) is 17.9. The van der Waals surface area contributed by atoms with Crippen molar-refractivity contribution in [3.63, 3.8) is 0 Å². The zero-order valence-electron chi connectivity index (χ0n) is 17.9. The number of rotatable bonds is 6. The number of amides is 1. The summed E-state index contributed by atoms with van der Waals surface area (Å²) in [7, 11) is 3.91. The van der Waals surface area contributed by atoms with Crippen molar-refractivity contribution in [3.05, 3.63) is 29.8 Å². The van der Waals surface area contributed by atoms with Crippen molar-refractivity contribution in [2.75, 3.05) is 40.3 Å². The van der Waals surface area contributed by atoms with E-state index in [0.717, 1.165) is 37.8 Å². The van der Waals surface area contributed by atoms with Crippen molar-refractivity contribution in [1.29, 1.82) is 0 Å². The Balaban J connectivity index is 1.68. The minimum atomic E-state index is 0.137. The van der Waals surface area contributed by atoms with Crippen LogP contribution >= 0.6 is 0 Å². The Bertz CT molecular complexity index is 681. The Kier molecular flexibility index (Phi) is 7.75. The minimum Gasteiger partial charge on any atom is -0.497 e. The molecule has 2 aliphatic heterocycles. The van der Waals surface area contributed by atoms with Gasteiger partial charge in [0.1, 0.15) is 5.75 Å². The lowest BCUT2D eigenvalue weighted by Crippen LogP contribution is -2.51. The quantitative estimate of drug-likeness (QED) is 0.501. The highest BCUT2D eigenvalue weighted by atomic mass is 16.5. The fraction of sp³-hybridized carbons (Fsp3) is 0.636. The molecule has 29 heavy (non-hydrogen) atoms. The van der Waals surface area contributed by atoms with Crippen LogP contribution in [-0.2, 0) is 4.79 Å². The average Bonchev–Trinajstić information content (AvgIpc) is 2.74. The highest BCUT2D eigenvalue weighted by Gasteiger charge is 2.30. The first-order valence-corrected chi connectivity index (χ1v) is 10.8. The van der Waals surface area contributed by atoms with Crippen LogP contribution in [0.1, 0.15) is 44.2 Å². The molecule has 0 bridgehead atoms. The Morgan fingerprint density at radius 2 is 2.10 bits per heavy atom. The molecule has 1 aromatic carbocycles. The number of ether oxygens (including phenoxy) is 1. The molecule has 3 N–H and O–H groups in total. The molecule has 3 rings (SSSR count). The van der Waals surface area contributed by atoms with Crippen molar-refractivity contribution >= 4 is 11.9 Å². The van der Waals surface area contributed by atoms with Gasteiger partial charge in [-0.1, -0.05) is 12.1 Å². The Labute approximate surface area is 174 Å². The van der Waals surface area contributed by atoms with Crippen LogP contribution in [0.5, 0.6) is 5.75 Å². The summed E-state index contributed by atoms with van der Waals surface area (Å²) >= 11 is 0. The number of carbonyl (C=O) groups excluding carboxylic acids is 1. The highest BCUT2D eigenvalue weighted by Crippen LogP contribution is 2.35. The molecule has 7 nitrogen and oxygen atoms in total. The third-order valence-electron chi connectivity index (χ3n) is 5.90. The molecule has 2 fully saturated rings. The highest BCUT2D eigenvalue weighted by molar-refractivity contribution is 5.81. The van der Waals surface area contributed by atoms with Crippen molar-refractivity contribution in [2.24, 2.45) is 10.9 Å². The SMILES string of the molecule is CCNC(=NCC1CCCN(C)C1c1ccc(OC)cc1)NC1CCC(=O)NC1. The standard InChI is InChI=1S/C22H35N5O2/c1-4-23-22(26-18-9-12-20(28)24-15-18)25-14-17-6-5-13-27(2)21(17)16-7-10-19(29-3)11-8-16/h7-8,10-11,17-18,21H,4-6,9,12-15H2,1-3H3,(H,24,28)(H2,23,25,26). The molecular formula is C22H35N5O2. The zero-order chi connectivity index (χ0) is 20.6. The van der Waals surface area contributed by atoms with Gasteiger partial charge in [-0.05, 0) is 63.4 Å². The maximum atomic E-state index is 11.4. The van der Waals surface area contributed by atoms with E-state index in [1.54, 1.807) is 7.11 Å². The van der Waals surface area contributed by atoms with Crippen LogP contribution in [0.15, 0.2) is 29.3 Å². The summed E-state index contributed by atoms with van der Waals surface area (Å²) in [6, 6.07) is 9.03. The number of piperidine rings is 2. The number of methoxy groups -OCH3 is 1. The smallest absolute Gasteiger partial charge is 0.220 e. The van der Waals surface area contributed by atoms with Gasteiger partial charge >= 0.3 is 0 Å². The molecule has 2 heterocycles. The van der Waals surface area contributed by atoms with E-state index in [9.17, 15) is 4.79 Å². The molecule has 3 unspecified atom stereocenters. The molecule has 7 heteroatoms. The largest absolute Gasteiger partial charge is 0.497 e. The molecule has 0 aromatic heterocycles. The van der Waals surface area contributed by atoms with E-state index in [4.69, 9.17) is 9.73 Å². The van der Waals surface area contributed by atoms with Crippen molar-refractivity contribution in [3.8, 4) is 5.75 Å². The molecule has 0 spiro atoms. The second kappa shape index (κ2) is 10.5. The molecule has 2 aliphatic rings. The number of benzene rings is 1. The first kappa shape index (κ1) is 21.4. The first-order chi connectivity index (χ1) is 14.1. The number of nitrogens with one attached hydrogen (secondary N) is 3. The van der Waals surface area contributed by atoms with Gasteiger partial charge in [-0.3, -0.25) is 14.7 Å². The van der Waals surface area contributed by atoms with E-state index in [2.05, 4.69) is 47.0 Å². The number of nitrogens with zero attached hydrogens (tertiary/aromatic N) is 2. The van der Waals surface area contributed by atoms with Crippen molar-refractivity contribution < 1.29 is 9.53 Å². The van der Waals surface area contributed by atoms with Gasteiger partial charge in [0.25, 0.3) is 0 Å². The second-order valence-corrected chi connectivity index (χ2v) is 8.00. The minimum absolute atomic E-state index is 0.137. The summed E-state index contributed by atoms with van der Waals surface area (Å²) in [4.78, 5) is 18.8. The topological polar surface area (TPSA) is 78.0 Å². The van der Waals surface area contributed by atoms with Gasteiger partial charge in [0.2, 0.25) is 5.91 Å². The maximum Gasteiger partial charge on any atom is 0.220 e. The predicted molar refractivity (Wildman–Crippen MR) is 116 cm³/mol. The van der Waals surface area contributed by atoms with Crippen LogP contribution in [0.4, 0.5) is 0 Å². The van der Waals surface area contributed by atoms with Crippen LogP contribution in [0.3, 0.4) is 0 Å². The fourth-order valence-electron chi connectivity index (χ4n) is 4.36. The number of hydrogen-bond acceptors (Lipinski definition) is 4. The molecule has 160 valence electrons. The molecule has 0 radical (unpaired) electrons. The monoisotopic (exact) mass is 401 g/mol. The third-order valence-corrected chi connectivity index (χ3v) is 5.90. The van der Waals surface area contributed by atoms with Crippen LogP contribution in [0.25, 0.3) is 0 Å². The van der Waals surface area contributed by atoms with Crippen LogP contribution in [0.2, 0.25) is 0 Å². The van der Waals surface area contributed by atoms with E-state index in [-0.39, 0.29) is 11.9 Å². The summed E-state index contributed by atoms with van der Waals surface area (Å²) < 4.78 is 5.32. The van der Waals surface area contributed by atoms with Crippen LogP contribution < -0.4 is 20.7 Å². The summed E-state index contributed by atoms with van der Waals surface area (Å²) in [5.41, 5.74) is 1.32. The molecule has 0 aliphatic carbocycles. The predicted octanol–water partition coefficient (Wildman–Crippen LogP) is 1.91. The van der Waals surface area contributed by atoms with E-state index >= 15 is 0 Å². The first-order valence-electron chi connectivity index (χ1n) is 10.8. The summed E-state index contributed by atoms with van der Waals surface area (Å²) in [6.45, 7) is 5.43. The van der Waals surface area contributed by atoms with Gasteiger partial charge in [0, 0.05) is 38.1 Å².